The van der Waals surface area contributed by atoms with Gasteiger partial charge in [-0.05, 0) is 24.5 Å². The van der Waals surface area contributed by atoms with Crippen LogP contribution in [0, 0.1) is 0 Å². The van der Waals surface area contributed by atoms with E-state index in [9.17, 15) is 9.90 Å². The lowest BCUT2D eigenvalue weighted by Gasteiger charge is -2.09. The Morgan fingerprint density at radius 2 is 2.21 bits per heavy atom. The number of fused-ring (bicyclic) bond motifs is 1. The molecule has 0 saturated carbocycles. The zero-order valence-electron chi connectivity index (χ0n) is 11.1. The predicted octanol–water partition coefficient (Wildman–Crippen LogP) is 1.99. The average Bonchev–Trinajstić information content (AvgIpc) is 2.85. The Morgan fingerprint density at radius 1 is 1.42 bits per heavy atom. The van der Waals surface area contributed by atoms with Gasteiger partial charge in [-0.2, -0.15) is 0 Å². The molecule has 1 amide bonds. The number of aromatic nitrogens is 1. The predicted molar refractivity (Wildman–Crippen MR) is 75.9 cm³/mol. The van der Waals surface area contributed by atoms with Gasteiger partial charge in [-0.1, -0.05) is 25.1 Å². The Labute approximate surface area is 112 Å². The maximum Gasteiger partial charge on any atom is 0.220 e. The summed E-state index contributed by atoms with van der Waals surface area (Å²) >= 11 is 0. The zero-order chi connectivity index (χ0) is 13.7. The number of aryl methyl sites for hydroxylation is 1. The number of hydrogen-bond acceptors (Lipinski definition) is 2. The summed E-state index contributed by atoms with van der Waals surface area (Å²) in [6, 6.07) is 8.06. The van der Waals surface area contributed by atoms with Crippen molar-refractivity contribution in [3.63, 3.8) is 0 Å². The molecule has 19 heavy (non-hydrogen) atoms. The lowest BCUT2D eigenvalue weighted by Crippen LogP contribution is -2.31. The van der Waals surface area contributed by atoms with Crippen LogP contribution < -0.4 is 5.32 Å². The van der Waals surface area contributed by atoms with Crippen molar-refractivity contribution in [3.05, 3.63) is 36.0 Å². The summed E-state index contributed by atoms with van der Waals surface area (Å²) in [6.07, 6.45) is 3.31. The monoisotopic (exact) mass is 260 g/mol. The van der Waals surface area contributed by atoms with Gasteiger partial charge in [-0.3, -0.25) is 4.79 Å². The molecule has 3 N–H and O–H groups in total. The first-order valence-electron chi connectivity index (χ1n) is 6.70. The van der Waals surface area contributed by atoms with E-state index in [0.717, 1.165) is 11.1 Å². The van der Waals surface area contributed by atoms with E-state index in [-0.39, 0.29) is 5.91 Å². The maximum absolute atomic E-state index is 11.7. The summed E-state index contributed by atoms with van der Waals surface area (Å²) in [5.41, 5.74) is 2.25. The molecule has 0 fully saturated rings. The van der Waals surface area contributed by atoms with Crippen LogP contribution in [0.1, 0.15) is 25.3 Å². The number of rotatable bonds is 6. The van der Waals surface area contributed by atoms with Crippen LogP contribution in [0.25, 0.3) is 10.9 Å². The third-order valence-electron chi connectivity index (χ3n) is 3.30. The number of carbonyl (C=O) groups is 1. The van der Waals surface area contributed by atoms with E-state index in [4.69, 9.17) is 0 Å². The molecule has 1 aromatic heterocycles. The van der Waals surface area contributed by atoms with E-state index in [1.807, 2.05) is 31.3 Å². The molecule has 1 unspecified atom stereocenters. The molecule has 0 spiro atoms. The first kappa shape index (κ1) is 13.6. The summed E-state index contributed by atoms with van der Waals surface area (Å²) in [5, 5.41) is 13.3. The third-order valence-corrected chi connectivity index (χ3v) is 3.30. The largest absolute Gasteiger partial charge is 0.391 e. The first-order chi connectivity index (χ1) is 9.20. The Kier molecular flexibility index (Phi) is 4.58. The molecule has 0 aliphatic heterocycles. The van der Waals surface area contributed by atoms with Crippen LogP contribution >= 0.6 is 0 Å². The summed E-state index contributed by atoms with van der Waals surface area (Å²) in [7, 11) is 0. The standard InChI is InChI=1S/C15H20N2O2/c1-2-12(18)10-17-15(19)8-7-11-9-16-14-6-4-3-5-13(11)14/h3-6,9,12,16,18H,2,7-8,10H2,1H3,(H,17,19). The molecule has 0 aliphatic rings. The number of aliphatic hydroxyl groups excluding tert-OH is 1. The molecule has 4 nitrogen and oxygen atoms in total. The van der Waals surface area contributed by atoms with E-state index in [1.54, 1.807) is 0 Å². The first-order valence-corrected chi connectivity index (χ1v) is 6.70. The van der Waals surface area contributed by atoms with Gasteiger partial charge < -0.3 is 15.4 Å². The van der Waals surface area contributed by atoms with E-state index < -0.39 is 6.10 Å². The van der Waals surface area contributed by atoms with Gasteiger partial charge in [0.05, 0.1) is 6.10 Å². The molecule has 2 rings (SSSR count). The van der Waals surface area contributed by atoms with E-state index in [1.165, 1.54) is 5.39 Å². The van der Waals surface area contributed by atoms with Gasteiger partial charge in [0.2, 0.25) is 5.91 Å². The van der Waals surface area contributed by atoms with Gasteiger partial charge in [0.25, 0.3) is 0 Å². The Bertz CT molecular complexity index is 548. The molecule has 0 radical (unpaired) electrons. The number of H-pyrrole nitrogens is 1. The minimum Gasteiger partial charge on any atom is -0.391 e. The number of benzene rings is 1. The second-order valence-electron chi connectivity index (χ2n) is 4.73. The second kappa shape index (κ2) is 6.38. The topological polar surface area (TPSA) is 65.1 Å². The zero-order valence-corrected chi connectivity index (χ0v) is 11.1. The molecule has 0 aliphatic carbocycles. The molecule has 2 aromatic rings. The van der Waals surface area contributed by atoms with Crippen LogP contribution in [-0.2, 0) is 11.2 Å². The minimum atomic E-state index is -0.447. The molecule has 1 atom stereocenters. The normalized spacial score (nSPS) is 12.5. The van der Waals surface area contributed by atoms with Crippen LogP contribution in [0.15, 0.2) is 30.5 Å². The van der Waals surface area contributed by atoms with E-state index in [0.29, 0.717) is 25.8 Å². The van der Waals surface area contributed by atoms with E-state index >= 15 is 0 Å². The highest BCUT2D eigenvalue weighted by Crippen LogP contribution is 2.18. The Balaban J connectivity index is 1.87. The third kappa shape index (κ3) is 3.58. The van der Waals surface area contributed by atoms with Crippen LogP contribution in [0.3, 0.4) is 0 Å². The SMILES string of the molecule is CCC(O)CNC(=O)CCc1c[nH]c2ccccc12. The number of hydrogen-bond donors (Lipinski definition) is 3. The number of amides is 1. The number of aliphatic hydroxyl groups is 1. The summed E-state index contributed by atoms with van der Waals surface area (Å²) < 4.78 is 0. The van der Waals surface area contributed by atoms with Gasteiger partial charge in [0, 0.05) is 30.1 Å². The Hall–Kier alpha value is -1.81. The lowest BCUT2D eigenvalue weighted by atomic mass is 10.1. The van der Waals surface area contributed by atoms with Crippen molar-refractivity contribution in [2.45, 2.75) is 32.3 Å². The molecule has 0 bridgehead atoms. The number of para-hydroxylation sites is 1. The average molecular weight is 260 g/mol. The highest BCUT2D eigenvalue weighted by Gasteiger charge is 2.08. The van der Waals surface area contributed by atoms with Gasteiger partial charge in [-0.15, -0.1) is 0 Å². The van der Waals surface area contributed by atoms with Crippen molar-refractivity contribution < 1.29 is 9.90 Å². The minimum absolute atomic E-state index is 0.0159. The number of carbonyl (C=O) groups excluding carboxylic acids is 1. The molecule has 4 heteroatoms. The molecular weight excluding hydrogens is 240 g/mol. The summed E-state index contributed by atoms with van der Waals surface area (Å²) in [5.74, 6) is -0.0159. The second-order valence-corrected chi connectivity index (χ2v) is 4.73. The quantitative estimate of drug-likeness (QED) is 0.743. The van der Waals surface area contributed by atoms with Gasteiger partial charge in [0.1, 0.15) is 0 Å². The summed E-state index contributed by atoms with van der Waals surface area (Å²) in [6.45, 7) is 2.23. The van der Waals surface area contributed by atoms with Crippen LogP contribution in [-0.4, -0.2) is 28.6 Å². The Morgan fingerprint density at radius 3 is 3.00 bits per heavy atom. The number of aromatic amines is 1. The summed E-state index contributed by atoms with van der Waals surface area (Å²) in [4.78, 5) is 14.9. The van der Waals surface area contributed by atoms with Crippen molar-refractivity contribution in [2.24, 2.45) is 0 Å². The van der Waals surface area contributed by atoms with Crippen molar-refractivity contribution in [1.82, 2.24) is 10.3 Å². The fraction of sp³-hybridized carbons (Fsp3) is 0.400. The van der Waals surface area contributed by atoms with Gasteiger partial charge in [-0.25, -0.2) is 0 Å². The molecule has 102 valence electrons. The van der Waals surface area contributed by atoms with Crippen LogP contribution in [0.4, 0.5) is 0 Å². The fourth-order valence-electron chi connectivity index (χ4n) is 2.05. The number of nitrogens with one attached hydrogen (secondary N) is 2. The molecule has 1 heterocycles. The molecule has 0 saturated heterocycles. The smallest absolute Gasteiger partial charge is 0.220 e. The van der Waals surface area contributed by atoms with Gasteiger partial charge >= 0.3 is 0 Å². The van der Waals surface area contributed by atoms with Crippen molar-refractivity contribution in [2.75, 3.05) is 6.54 Å². The fourth-order valence-corrected chi connectivity index (χ4v) is 2.05. The van der Waals surface area contributed by atoms with Crippen LogP contribution in [0.2, 0.25) is 0 Å². The van der Waals surface area contributed by atoms with Gasteiger partial charge in [0.15, 0.2) is 0 Å². The van der Waals surface area contributed by atoms with Crippen LogP contribution in [0.5, 0.6) is 0 Å². The molecule has 1 aromatic carbocycles. The highest BCUT2D eigenvalue weighted by atomic mass is 16.3. The van der Waals surface area contributed by atoms with Crippen molar-refractivity contribution in [3.8, 4) is 0 Å². The lowest BCUT2D eigenvalue weighted by molar-refractivity contribution is -0.121. The molecular formula is C15H20N2O2. The highest BCUT2D eigenvalue weighted by molar-refractivity contribution is 5.84. The van der Waals surface area contributed by atoms with Crippen molar-refractivity contribution in [1.29, 1.82) is 0 Å². The van der Waals surface area contributed by atoms with E-state index in [2.05, 4.69) is 16.4 Å². The maximum atomic E-state index is 11.7. The van der Waals surface area contributed by atoms with Crippen molar-refractivity contribution >= 4 is 16.8 Å².